The van der Waals surface area contributed by atoms with Crippen LogP contribution in [0.5, 0.6) is 5.75 Å². The number of nitrogen functional groups attached to an aromatic ring is 1. The fraction of sp³-hybridized carbons (Fsp3) is 0.360. The Labute approximate surface area is 197 Å². The Morgan fingerprint density at radius 3 is 2.66 bits per heavy atom. The molecule has 0 spiro atoms. The fourth-order valence-electron chi connectivity index (χ4n) is 4.87. The number of alkyl halides is 3. The van der Waals surface area contributed by atoms with Crippen molar-refractivity contribution in [3.05, 3.63) is 64.0 Å². The molecule has 0 bridgehead atoms. The Morgan fingerprint density at radius 1 is 1.14 bits per heavy atom. The smallest absolute Gasteiger partial charge is 0.416 e. The Morgan fingerprint density at radius 2 is 1.91 bits per heavy atom. The van der Waals surface area contributed by atoms with E-state index >= 15 is 4.39 Å². The molecular weight excluding hydrogens is 466 g/mol. The molecule has 182 valence electrons. The third-order valence-corrected chi connectivity index (χ3v) is 6.93. The number of benzene rings is 2. The van der Waals surface area contributed by atoms with Crippen molar-refractivity contribution in [2.75, 3.05) is 18.9 Å². The molecule has 1 fully saturated rings. The summed E-state index contributed by atoms with van der Waals surface area (Å²) in [5.41, 5.74) is 7.38. The molecule has 0 saturated heterocycles. The van der Waals surface area contributed by atoms with Crippen molar-refractivity contribution in [3.8, 4) is 5.75 Å². The molecule has 1 aliphatic carbocycles. The maximum Gasteiger partial charge on any atom is 0.416 e. The third-order valence-electron chi connectivity index (χ3n) is 6.93. The highest BCUT2D eigenvalue weighted by atomic mass is 19.4. The van der Waals surface area contributed by atoms with Crippen molar-refractivity contribution in [2.24, 2.45) is 5.92 Å². The summed E-state index contributed by atoms with van der Waals surface area (Å²) in [6, 6.07) is 5.34. The lowest BCUT2D eigenvalue weighted by atomic mass is 10.00. The molecule has 2 N–H and O–H groups in total. The number of anilines is 1. The van der Waals surface area contributed by atoms with E-state index in [1.807, 2.05) is 0 Å². The van der Waals surface area contributed by atoms with Gasteiger partial charge in [0.2, 0.25) is 0 Å². The van der Waals surface area contributed by atoms with Crippen molar-refractivity contribution in [2.45, 2.75) is 38.3 Å². The van der Waals surface area contributed by atoms with Crippen LogP contribution in [0.25, 0.3) is 10.9 Å². The molecular formula is C25H21F4N3O3. The molecule has 2 aromatic carbocycles. The average Bonchev–Trinajstić information content (AvgIpc) is 3.32. The topological polar surface area (TPSA) is 77.7 Å². The first kappa shape index (κ1) is 22.1. The summed E-state index contributed by atoms with van der Waals surface area (Å²) in [5.74, 6) is -0.647. The average molecular weight is 487 g/mol. The Balaban J connectivity index is 1.40. The van der Waals surface area contributed by atoms with Crippen molar-refractivity contribution < 1.29 is 31.8 Å². The van der Waals surface area contributed by atoms with Gasteiger partial charge in [-0.3, -0.25) is 4.79 Å². The van der Waals surface area contributed by atoms with Crippen LogP contribution in [-0.2, 0) is 24.1 Å². The highest BCUT2D eigenvalue weighted by molar-refractivity contribution is 6.00. The van der Waals surface area contributed by atoms with Crippen molar-refractivity contribution >= 4 is 22.6 Å². The van der Waals surface area contributed by atoms with Crippen LogP contribution in [0.1, 0.15) is 51.5 Å². The molecule has 10 heteroatoms. The minimum absolute atomic E-state index is 0.00559. The summed E-state index contributed by atoms with van der Waals surface area (Å²) in [4.78, 5) is 19.5. The zero-order valence-corrected chi connectivity index (χ0v) is 18.5. The van der Waals surface area contributed by atoms with E-state index in [1.54, 1.807) is 0 Å². The second kappa shape index (κ2) is 7.81. The SMILES string of the molecule is Nc1nc2cc(F)c(C(=O)N(CC3CC3)[C@@H]3COc4cc(C(F)(F)F)ccc43)cc2c2c1COC2. The first-order valence-corrected chi connectivity index (χ1v) is 11.3. The normalized spacial score (nSPS) is 18.9. The highest BCUT2D eigenvalue weighted by Crippen LogP contribution is 2.43. The number of aromatic nitrogens is 1. The second-order valence-corrected chi connectivity index (χ2v) is 9.27. The minimum Gasteiger partial charge on any atom is -0.491 e. The third kappa shape index (κ3) is 3.76. The van der Waals surface area contributed by atoms with Crippen LogP contribution in [0.2, 0.25) is 0 Å². The lowest BCUT2D eigenvalue weighted by molar-refractivity contribution is -0.137. The van der Waals surface area contributed by atoms with Crippen LogP contribution in [0.3, 0.4) is 0 Å². The number of fused-ring (bicyclic) bond motifs is 4. The van der Waals surface area contributed by atoms with Gasteiger partial charge in [-0.1, -0.05) is 6.07 Å². The maximum absolute atomic E-state index is 15.2. The van der Waals surface area contributed by atoms with E-state index < -0.39 is 29.5 Å². The van der Waals surface area contributed by atoms with Gasteiger partial charge in [-0.2, -0.15) is 13.2 Å². The molecule has 2 aliphatic heterocycles. The first-order valence-electron chi connectivity index (χ1n) is 11.3. The van der Waals surface area contributed by atoms with Gasteiger partial charge in [-0.25, -0.2) is 9.37 Å². The lowest BCUT2D eigenvalue weighted by Gasteiger charge is -2.29. The largest absolute Gasteiger partial charge is 0.491 e. The van der Waals surface area contributed by atoms with Crippen LogP contribution >= 0.6 is 0 Å². The number of carbonyl (C=O) groups is 1. The molecule has 3 heterocycles. The summed E-state index contributed by atoms with van der Waals surface area (Å²) < 4.78 is 65.7. The number of rotatable bonds is 4. The molecule has 6 nitrogen and oxygen atoms in total. The van der Waals surface area contributed by atoms with E-state index in [4.69, 9.17) is 15.2 Å². The Bertz CT molecular complexity index is 1370. The van der Waals surface area contributed by atoms with Crippen molar-refractivity contribution in [1.29, 1.82) is 0 Å². The van der Waals surface area contributed by atoms with Crippen molar-refractivity contribution in [3.63, 3.8) is 0 Å². The Hall–Kier alpha value is -3.40. The highest BCUT2D eigenvalue weighted by Gasteiger charge is 2.39. The van der Waals surface area contributed by atoms with Crippen molar-refractivity contribution in [1.82, 2.24) is 9.88 Å². The van der Waals surface area contributed by atoms with Gasteiger partial charge in [0.05, 0.1) is 35.9 Å². The van der Waals surface area contributed by atoms with E-state index in [9.17, 15) is 18.0 Å². The number of amides is 1. The van der Waals surface area contributed by atoms with E-state index in [2.05, 4.69) is 4.98 Å². The number of nitrogens with two attached hydrogens (primary N) is 1. The van der Waals surface area contributed by atoms with Gasteiger partial charge >= 0.3 is 6.18 Å². The molecule has 1 aromatic heterocycles. The summed E-state index contributed by atoms with van der Waals surface area (Å²) in [6.07, 6.45) is -2.63. The van der Waals surface area contributed by atoms with Crippen LogP contribution in [-0.4, -0.2) is 28.9 Å². The van der Waals surface area contributed by atoms with Crippen LogP contribution in [0.4, 0.5) is 23.4 Å². The van der Waals surface area contributed by atoms with Gasteiger partial charge in [0.25, 0.3) is 5.91 Å². The zero-order valence-electron chi connectivity index (χ0n) is 18.5. The van der Waals surface area contributed by atoms with Crippen LogP contribution < -0.4 is 10.5 Å². The molecule has 0 radical (unpaired) electrons. The molecule has 1 atom stereocenters. The summed E-state index contributed by atoms with van der Waals surface area (Å²) in [7, 11) is 0. The van der Waals surface area contributed by atoms with Crippen LogP contribution in [0.15, 0.2) is 30.3 Å². The molecule has 35 heavy (non-hydrogen) atoms. The monoisotopic (exact) mass is 487 g/mol. The number of hydrogen-bond acceptors (Lipinski definition) is 5. The predicted octanol–water partition coefficient (Wildman–Crippen LogP) is 4.99. The molecule has 3 aliphatic rings. The van der Waals surface area contributed by atoms with Gasteiger partial charge < -0.3 is 20.1 Å². The lowest BCUT2D eigenvalue weighted by Crippen LogP contribution is -2.38. The van der Waals surface area contributed by atoms with Gasteiger partial charge in [0.15, 0.2) is 0 Å². The number of nitrogens with zero attached hydrogens (tertiary/aromatic N) is 2. The zero-order chi connectivity index (χ0) is 24.5. The quantitative estimate of drug-likeness (QED) is 0.525. The summed E-state index contributed by atoms with van der Waals surface area (Å²) >= 11 is 0. The van der Waals surface area contributed by atoms with Gasteiger partial charge in [-0.15, -0.1) is 0 Å². The molecule has 6 rings (SSSR count). The van der Waals surface area contributed by atoms with Gasteiger partial charge in [0, 0.05) is 29.1 Å². The number of pyridine rings is 1. The van der Waals surface area contributed by atoms with Gasteiger partial charge in [-0.05, 0) is 42.5 Å². The molecule has 0 unspecified atom stereocenters. The van der Waals surface area contributed by atoms with E-state index in [-0.39, 0.29) is 36.3 Å². The van der Waals surface area contributed by atoms with E-state index in [1.165, 1.54) is 23.1 Å². The Kier molecular flexibility index (Phi) is 4.93. The molecule has 1 amide bonds. The molecule has 1 saturated carbocycles. The number of carbonyl (C=O) groups excluding carboxylic acids is 1. The van der Waals surface area contributed by atoms with Crippen LogP contribution in [0, 0.1) is 11.7 Å². The first-order chi connectivity index (χ1) is 16.7. The maximum atomic E-state index is 15.2. The fourth-order valence-corrected chi connectivity index (χ4v) is 4.87. The molecule has 3 aromatic rings. The van der Waals surface area contributed by atoms with E-state index in [0.717, 1.165) is 36.1 Å². The summed E-state index contributed by atoms with van der Waals surface area (Å²) in [5, 5.41) is 0.598. The standard InChI is InChI=1S/C25H21F4N3O3/c26-19-7-20-15(17-9-34-10-18(17)23(30)31-20)6-16(19)24(33)32(8-12-1-2-12)21-11-35-22-5-13(25(27,28)29)3-4-14(21)22/h3-7,12,21H,1-2,8-11H2,(H2,30,31)/t21-/m1/s1. The van der Waals surface area contributed by atoms with Gasteiger partial charge in [0.1, 0.15) is 24.0 Å². The number of halogens is 4. The van der Waals surface area contributed by atoms with E-state index in [0.29, 0.717) is 29.6 Å². The minimum atomic E-state index is -4.50. The predicted molar refractivity (Wildman–Crippen MR) is 118 cm³/mol. The number of ether oxygens (including phenoxy) is 2. The number of hydrogen-bond donors (Lipinski definition) is 1. The second-order valence-electron chi connectivity index (χ2n) is 9.27. The summed E-state index contributed by atoms with van der Waals surface area (Å²) in [6.45, 7) is 0.960.